The van der Waals surface area contributed by atoms with Crippen LogP contribution in [0.5, 0.6) is 0 Å². The molecule has 0 bridgehead atoms. The van der Waals surface area contributed by atoms with Crippen LogP contribution in [-0.4, -0.2) is 18.0 Å². The molecule has 1 N–H and O–H groups in total. The van der Waals surface area contributed by atoms with Crippen LogP contribution in [0.25, 0.3) is 0 Å². The summed E-state index contributed by atoms with van der Waals surface area (Å²) in [5, 5.41) is 3.65. The molecule has 1 saturated heterocycles. The highest BCUT2D eigenvalue weighted by Gasteiger charge is 2.33. The number of rotatable bonds is 1. The number of likely N-dealkylation sites (N-methyl/N-ethyl adjacent to an activating group) is 1. The SMILES string of the molecule is C[C@H]1[C@@H](c2ccccc2)NC(=C2C=CC=C2)N1C. The van der Waals surface area contributed by atoms with Gasteiger partial charge in [-0.15, -0.1) is 0 Å². The average molecular weight is 238 g/mol. The van der Waals surface area contributed by atoms with E-state index in [0.29, 0.717) is 12.1 Å². The molecule has 3 rings (SSSR count). The van der Waals surface area contributed by atoms with Crippen molar-refractivity contribution in [1.82, 2.24) is 10.2 Å². The first-order valence-corrected chi connectivity index (χ1v) is 6.41. The van der Waals surface area contributed by atoms with Crippen molar-refractivity contribution in [2.24, 2.45) is 0 Å². The van der Waals surface area contributed by atoms with Crippen molar-refractivity contribution in [3.63, 3.8) is 0 Å². The van der Waals surface area contributed by atoms with E-state index in [1.807, 2.05) is 0 Å². The van der Waals surface area contributed by atoms with E-state index in [-0.39, 0.29) is 0 Å². The van der Waals surface area contributed by atoms with Crippen molar-refractivity contribution in [3.05, 3.63) is 71.6 Å². The summed E-state index contributed by atoms with van der Waals surface area (Å²) >= 11 is 0. The Labute approximate surface area is 108 Å². The largest absolute Gasteiger partial charge is 0.362 e. The van der Waals surface area contributed by atoms with Gasteiger partial charge in [-0.3, -0.25) is 0 Å². The maximum atomic E-state index is 3.65. The highest BCUT2D eigenvalue weighted by Crippen LogP contribution is 2.32. The summed E-state index contributed by atoms with van der Waals surface area (Å²) in [6.45, 7) is 2.26. The molecular weight excluding hydrogens is 220 g/mol. The topological polar surface area (TPSA) is 15.3 Å². The third-order valence-electron chi connectivity index (χ3n) is 3.83. The first-order chi connectivity index (χ1) is 8.77. The maximum absolute atomic E-state index is 3.65. The van der Waals surface area contributed by atoms with Gasteiger partial charge in [-0.2, -0.15) is 0 Å². The molecule has 0 aromatic heterocycles. The van der Waals surface area contributed by atoms with E-state index in [0.717, 1.165) is 0 Å². The van der Waals surface area contributed by atoms with E-state index in [1.165, 1.54) is 17.0 Å². The first kappa shape index (κ1) is 11.1. The number of nitrogens with one attached hydrogen (secondary N) is 1. The van der Waals surface area contributed by atoms with Crippen molar-refractivity contribution >= 4 is 0 Å². The van der Waals surface area contributed by atoms with Crippen molar-refractivity contribution in [2.45, 2.75) is 19.0 Å². The van der Waals surface area contributed by atoms with Crippen molar-refractivity contribution in [2.75, 3.05) is 7.05 Å². The zero-order valence-electron chi connectivity index (χ0n) is 10.8. The molecule has 1 fully saturated rings. The summed E-state index contributed by atoms with van der Waals surface area (Å²) in [5.74, 6) is 1.22. The van der Waals surface area contributed by atoms with Gasteiger partial charge in [0.25, 0.3) is 0 Å². The van der Waals surface area contributed by atoms with Gasteiger partial charge >= 0.3 is 0 Å². The lowest BCUT2D eigenvalue weighted by molar-refractivity contribution is 0.354. The molecule has 1 aromatic rings. The molecule has 0 unspecified atom stereocenters. The van der Waals surface area contributed by atoms with Crippen LogP contribution in [0.15, 0.2) is 66.0 Å². The summed E-state index contributed by atoms with van der Waals surface area (Å²) in [4.78, 5) is 2.33. The second-order valence-electron chi connectivity index (χ2n) is 4.91. The summed E-state index contributed by atoms with van der Waals surface area (Å²) in [5.41, 5.74) is 2.61. The molecule has 2 heteroatoms. The van der Waals surface area contributed by atoms with Gasteiger partial charge in [-0.25, -0.2) is 0 Å². The zero-order chi connectivity index (χ0) is 12.5. The van der Waals surface area contributed by atoms with Gasteiger partial charge in [0.15, 0.2) is 0 Å². The van der Waals surface area contributed by atoms with Crippen LogP contribution in [0.3, 0.4) is 0 Å². The summed E-state index contributed by atoms with van der Waals surface area (Å²) in [6, 6.07) is 11.5. The standard InChI is InChI=1S/C16H18N2/c1-12-15(13-8-4-3-5-9-13)17-16(18(12)2)14-10-6-7-11-14/h3-12,15,17H,1-2H3/t12-,15-/m0/s1. The fourth-order valence-electron chi connectivity index (χ4n) is 2.64. The second kappa shape index (κ2) is 4.37. The van der Waals surface area contributed by atoms with Crippen LogP contribution in [0, 0.1) is 0 Å². The summed E-state index contributed by atoms with van der Waals surface area (Å²) in [7, 11) is 2.16. The molecule has 1 aliphatic carbocycles. The minimum atomic E-state index is 0.362. The van der Waals surface area contributed by atoms with Gasteiger partial charge in [-0.05, 0) is 12.5 Å². The highest BCUT2D eigenvalue weighted by molar-refractivity contribution is 5.44. The molecule has 2 aliphatic rings. The zero-order valence-corrected chi connectivity index (χ0v) is 10.8. The molecule has 0 radical (unpaired) electrons. The Kier molecular flexibility index (Phi) is 2.71. The van der Waals surface area contributed by atoms with Crippen LogP contribution < -0.4 is 5.32 Å². The van der Waals surface area contributed by atoms with Crippen molar-refractivity contribution < 1.29 is 0 Å². The smallest absolute Gasteiger partial charge is 0.109 e. The van der Waals surface area contributed by atoms with Gasteiger partial charge in [-0.1, -0.05) is 54.6 Å². The van der Waals surface area contributed by atoms with Crippen LogP contribution in [-0.2, 0) is 0 Å². The fourth-order valence-corrected chi connectivity index (χ4v) is 2.64. The number of allylic oxidation sites excluding steroid dienone is 5. The molecule has 18 heavy (non-hydrogen) atoms. The summed E-state index contributed by atoms with van der Waals surface area (Å²) < 4.78 is 0. The molecular formula is C16H18N2. The minimum absolute atomic E-state index is 0.362. The lowest BCUT2D eigenvalue weighted by atomic mass is 10.0. The predicted octanol–water partition coefficient (Wildman–Crippen LogP) is 2.99. The Balaban J connectivity index is 1.95. The highest BCUT2D eigenvalue weighted by atomic mass is 15.3. The van der Waals surface area contributed by atoms with Crippen LogP contribution in [0.1, 0.15) is 18.5 Å². The van der Waals surface area contributed by atoms with Gasteiger partial charge in [0.05, 0.1) is 12.1 Å². The van der Waals surface area contributed by atoms with Gasteiger partial charge in [0.2, 0.25) is 0 Å². The Morgan fingerprint density at radius 3 is 2.39 bits per heavy atom. The lowest BCUT2D eigenvalue weighted by Crippen LogP contribution is -2.24. The van der Waals surface area contributed by atoms with Crippen LogP contribution >= 0.6 is 0 Å². The Hall–Kier alpha value is -1.96. The first-order valence-electron chi connectivity index (χ1n) is 6.41. The molecule has 1 aromatic carbocycles. The van der Waals surface area contributed by atoms with E-state index in [4.69, 9.17) is 0 Å². The van der Waals surface area contributed by atoms with Gasteiger partial charge < -0.3 is 10.2 Å². The van der Waals surface area contributed by atoms with E-state index in [2.05, 4.69) is 78.8 Å². The number of benzene rings is 1. The van der Waals surface area contributed by atoms with Crippen LogP contribution in [0.4, 0.5) is 0 Å². The number of nitrogens with zero attached hydrogens (tertiary/aromatic N) is 1. The Bertz CT molecular complexity index is 511. The average Bonchev–Trinajstić information content (AvgIpc) is 3.01. The lowest BCUT2D eigenvalue weighted by Gasteiger charge is -2.20. The molecule has 2 atom stereocenters. The van der Waals surface area contributed by atoms with Crippen LogP contribution in [0.2, 0.25) is 0 Å². The molecule has 1 heterocycles. The molecule has 2 nitrogen and oxygen atoms in total. The summed E-state index contributed by atoms with van der Waals surface area (Å²) in [6.07, 6.45) is 8.47. The van der Waals surface area contributed by atoms with E-state index in [1.54, 1.807) is 0 Å². The predicted molar refractivity (Wildman–Crippen MR) is 74.8 cm³/mol. The molecule has 1 aliphatic heterocycles. The maximum Gasteiger partial charge on any atom is 0.109 e. The number of hydrogen-bond acceptors (Lipinski definition) is 2. The Morgan fingerprint density at radius 2 is 1.72 bits per heavy atom. The minimum Gasteiger partial charge on any atom is -0.362 e. The molecule has 92 valence electrons. The number of hydrogen-bond donors (Lipinski definition) is 1. The normalized spacial score (nSPS) is 26.0. The second-order valence-corrected chi connectivity index (χ2v) is 4.91. The fraction of sp³-hybridized carbons (Fsp3) is 0.250. The van der Waals surface area contributed by atoms with Crippen molar-refractivity contribution in [1.29, 1.82) is 0 Å². The van der Waals surface area contributed by atoms with Crippen molar-refractivity contribution in [3.8, 4) is 0 Å². The quantitative estimate of drug-likeness (QED) is 0.809. The molecule has 0 amide bonds. The molecule has 0 spiro atoms. The van der Waals surface area contributed by atoms with E-state index < -0.39 is 0 Å². The van der Waals surface area contributed by atoms with Gasteiger partial charge in [0, 0.05) is 12.6 Å². The molecule has 0 saturated carbocycles. The van der Waals surface area contributed by atoms with E-state index in [9.17, 15) is 0 Å². The van der Waals surface area contributed by atoms with Gasteiger partial charge in [0.1, 0.15) is 5.82 Å². The third kappa shape index (κ3) is 1.74. The Morgan fingerprint density at radius 1 is 1.06 bits per heavy atom. The third-order valence-corrected chi connectivity index (χ3v) is 3.83. The monoisotopic (exact) mass is 238 g/mol. The van der Waals surface area contributed by atoms with E-state index >= 15 is 0 Å².